The molecule has 9 nitrogen and oxygen atoms in total. The standard InChI is InChI=1S/C17H16F2O9S/c1-8(2)14(20)27-11-5-4-10-6-12(16(22)28-13(10)7-11)15(21)26-9(3)17(18,19)29(23,24)25/h4-7,9-10,13H,1H2,2-3H3,(H,23,24,25). The number of allylic oxidation sites excluding steroid dienone is 1. The second-order valence-electron chi connectivity index (χ2n) is 6.21. The maximum absolute atomic E-state index is 13.5. The van der Waals surface area contributed by atoms with E-state index in [4.69, 9.17) is 14.0 Å². The van der Waals surface area contributed by atoms with Gasteiger partial charge in [-0.3, -0.25) is 4.55 Å². The number of carbonyl (C=O) groups excluding carboxylic acids is 3. The van der Waals surface area contributed by atoms with Crippen LogP contribution in [0.5, 0.6) is 0 Å². The summed E-state index contributed by atoms with van der Waals surface area (Å²) in [5.74, 6) is -4.08. The molecule has 12 heteroatoms. The first-order chi connectivity index (χ1) is 13.2. The van der Waals surface area contributed by atoms with Gasteiger partial charge in [0, 0.05) is 11.5 Å². The van der Waals surface area contributed by atoms with Crippen LogP contribution in [0, 0.1) is 5.92 Å². The van der Waals surface area contributed by atoms with Crippen LogP contribution in [0.25, 0.3) is 0 Å². The summed E-state index contributed by atoms with van der Waals surface area (Å²) in [5.41, 5.74) is -0.590. The zero-order chi connectivity index (χ0) is 22.1. The molecular formula is C17H16F2O9S. The van der Waals surface area contributed by atoms with Crippen molar-refractivity contribution in [3.8, 4) is 0 Å². The molecule has 0 aromatic rings. The second kappa shape index (κ2) is 7.87. The molecule has 0 spiro atoms. The van der Waals surface area contributed by atoms with Gasteiger partial charge in [0.1, 0.15) is 17.4 Å². The summed E-state index contributed by atoms with van der Waals surface area (Å²) in [7, 11) is -5.85. The number of hydrogen-bond acceptors (Lipinski definition) is 8. The summed E-state index contributed by atoms with van der Waals surface area (Å²) in [4.78, 5) is 35.6. The predicted molar refractivity (Wildman–Crippen MR) is 91.6 cm³/mol. The first kappa shape index (κ1) is 22.4. The van der Waals surface area contributed by atoms with E-state index < -0.39 is 57.0 Å². The lowest BCUT2D eigenvalue weighted by Gasteiger charge is -2.28. The van der Waals surface area contributed by atoms with Crippen molar-refractivity contribution < 1.29 is 50.3 Å². The van der Waals surface area contributed by atoms with Gasteiger partial charge < -0.3 is 14.2 Å². The van der Waals surface area contributed by atoms with E-state index >= 15 is 0 Å². The van der Waals surface area contributed by atoms with Crippen molar-refractivity contribution in [3.05, 3.63) is 47.8 Å². The number of ether oxygens (including phenoxy) is 3. The first-order valence-electron chi connectivity index (χ1n) is 8.00. The largest absolute Gasteiger partial charge is 0.453 e. The lowest BCUT2D eigenvalue weighted by Crippen LogP contribution is -2.43. The van der Waals surface area contributed by atoms with Crippen LogP contribution in [0.15, 0.2) is 47.8 Å². The second-order valence-corrected chi connectivity index (χ2v) is 7.70. The van der Waals surface area contributed by atoms with Crippen LogP contribution in [0.2, 0.25) is 0 Å². The summed E-state index contributed by atoms with van der Waals surface area (Å²) in [6.45, 7) is 5.39. The molecule has 0 saturated heterocycles. The van der Waals surface area contributed by atoms with Crippen LogP contribution in [-0.4, -0.2) is 48.3 Å². The molecule has 1 aliphatic carbocycles. The lowest BCUT2D eigenvalue weighted by molar-refractivity contribution is -0.160. The molecule has 1 N–H and O–H groups in total. The maximum Gasteiger partial charge on any atom is 0.405 e. The van der Waals surface area contributed by atoms with E-state index in [9.17, 15) is 31.6 Å². The number of fused-ring (bicyclic) bond motifs is 1. The summed E-state index contributed by atoms with van der Waals surface area (Å²) in [5, 5.41) is -4.78. The molecule has 0 saturated carbocycles. The third-order valence-corrected chi connectivity index (χ3v) is 4.91. The van der Waals surface area contributed by atoms with Gasteiger partial charge >= 0.3 is 33.3 Å². The summed E-state index contributed by atoms with van der Waals surface area (Å²) in [6.07, 6.45) is 1.68. The molecule has 2 rings (SSSR count). The fraction of sp³-hybridized carbons (Fsp3) is 0.353. The molecule has 29 heavy (non-hydrogen) atoms. The van der Waals surface area contributed by atoms with E-state index in [1.807, 2.05) is 0 Å². The van der Waals surface area contributed by atoms with Crippen molar-refractivity contribution in [2.75, 3.05) is 0 Å². The number of halogens is 2. The Hall–Kier alpha value is -2.86. The molecule has 0 aromatic carbocycles. The fourth-order valence-electron chi connectivity index (χ4n) is 2.27. The maximum atomic E-state index is 13.5. The van der Waals surface area contributed by atoms with Crippen molar-refractivity contribution >= 4 is 28.0 Å². The van der Waals surface area contributed by atoms with E-state index in [-0.39, 0.29) is 11.3 Å². The van der Waals surface area contributed by atoms with Crippen LogP contribution in [0.4, 0.5) is 8.78 Å². The highest BCUT2D eigenvalue weighted by atomic mass is 32.2. The Labute approximate surface area is 164 Å². The monoisotopic (exact) mass is 434 g/mol. The van der Waals surface area contributed by atoms with E-state index in [1.165, 1.54) is 25.2 Å². The normalized spacial score (nSPS) is 22.4. The van der Waals surface area contributed by atoms with E-state index in [2.05, 4.69) is 11.3 Å². The van der Waals surface area contributed by atoms with Crippen molar-refractivity contribution in [2.45, 2.75) is 31.3 Å². The molecule has 0 amide bonds. The third-order valence-electron chi connectivity index (χ3n) is 3.89. The third kappa shape index (κ3) is 4.77. The molecule has 0 aromatic heterocycles. The van der Waals surface area contributed by atoms with Gasteiger partial charge in [-0.25, -0.2) is 14.4 Å². The Morgan fingerprint density at radius 3 is 2.52 bits per heavy atom. The molecule has 0 bridgehead atoms. The smallest absolute Gasteiger partial charge is 0.405 e. The Morgan fingerprint density at radius 1 is 1.34 bits per heavy atom. The molecular weight excluding hydrogens is 418 g/mol. The molecule has 3 atom stereocenters. The molecule has 3 unspecified atom stereocenters. The van der Waals surface area contributed by atoms with Crippen molar-refractivity contribution in [1.82, 2.24) is 0 Å². The molecule has 1 aliphatic heterocycles. The zero-order valence-corrected chi connectivity index (χ0v) is 15.9. The van der Waals surface area contributed by atoms with Gasteiger partial charge in [0.2, 0.25) is 0 Å². The van der Waals surface area contributed by atoms with Crippen LogP contribution in [0.3, 0.4) is 0 Å². The van der Waals surface area contributed by atoms with Crippen molar-refractivity contribution in [1.29, 1.82) is 0 Å². The first-order valence-corrected chi connectivity index (χ1v) is 9.44. The van der Waals surface area contributed by atoms with E-state index in [0.29, 0.717) is 6.92 Å². The zero-order valence-electron chi connectivity index (χ0n) is 15.1. The van der Waals surface area contributed by atoms with E-state index in [1.54, 1.807) is 0 Å². The number of alkyl halides is 2. The quantitative estimate of drug-likeness (QED) is 0.217. The van der Waals surface area contributed by atoms with Crippen molar-refractivity contribution in [3.63, 3.8) is 0 Å². The minimum Gasteiger partial charge on any atom is -0.453 e. The Morgan fingerprint density at radius 2 is 1.97 bits per heavy atom. The number of carbonyl (C=O) groups is 3. The van der Waals surface area contributed by atoms with Crippen LogP contribution in [-0.2, 0) is 38.7 Å². The minimum absolute atomic E-state index is 0.0768. The summed E-state index contributed by atoms with van der Waals surface area (Å²) in [6, 6.07) is 0. The Bertz CT molecular complexity index is 959. The average Bonchev–Trinajstić information content (AvgIpc) is 2.59. The average molecular weight is 434 g/mol. The summed E-state index contributed by atoms with van der Waals surface area (Å²) >= 11 is 0. The van der Waals surface area contributed by atoms with Crippen molar-refractivity contribution in [2.24, 2.45) is 5.92 Å². The molecule has 158 valence electrons. The van der Waals surface area contributed by atoms with Gasteiger partial charge in [-0.1, -0.05) is 18.7 Å². The highest BCUT2D eigenvalue weighted by Crippen LogP contribution is 2.31. The van der Waals surface area contributed by atoms with Gasteiger partial charge in [0.15, 0.2) is 6.10 Å². The van der Waals surface area contributed by atoms with Gasteiger partial charge in [-0.15, -0.1) is 0 Å². The van der Waals surface area contributed by atoms with Gasteiger partial charge in [0.25, 0.3) is 0 Å². The molecule has 0 radical (unpaired) electrons. The molecule has 1 heterocycles. The minimum atomic E-state index is -5.85. The SMILES string of the molecule is C=C(C)C(=O)OC1=CC2OC(=O)C(C(=O)OC(C)C(F)(F)S(=O)(=O)O)=CC2C=C1. The number of hydrogen-bond donors (Lipinski definition) is 1. The highest BCUT2D eigenvalue weighted by Gasteiger charge is 2.52. The molecule has 0 fully saturated rings. The Balaban J connectivity index is 2.15. The summed E-state index contributed by atoms with van der Waals surface area (Å²) < 4.78 is 71.3. The number of rotatable bonds is 6. The lowest BCUT2D eigenvalue weighted by atomic mass is 9.92. The predicted octanol–water partition coefficient (Wildman–Crippen LogP) is 1.44. The highest BCUT2D eigenvalue weighted by molar-refractivity contribution is 7.86. The van der Waals surface area contributed by atoms with E-state index in [0.717, 1.165) is 6.08 Å². The van der Waals surface area contributed by atoms with Crippen LogP contribution < -0.4 is 0 Å². The van der Waals surface area contributed by atoms with Crippen LogP contribution in [0.1, 0.15) is 13.8 Å². The fourth-order valence-corrected chi connectivity index (χ4v) is 2.74. The Kier molecular flexibility index (Phi) is 6.09. The molecule has 2 aliphatic rings. The van der Waals surface area contributed by atoms with Gasteiger partial charge in [0.05, 0.1) is 0 Å². The number of esters is 3. The van der Waals surface area contributed by atoms with Gasteiger partial charge in [-0.05, 0) is 26.0 Å². The van der Waals surface area contributed by atoms with Crippen LogP contribution >= 0.6 is 0 Å². The van der Waals surface area contributed by atoms with Gasteiger partial charge in [-0.2, -0.15) is 17.2 Å². The topological polar surface area (TPSA) is 133 Å².